The molecule has 3 heteroatoms. The Labute approximate surface area is 126 Å². The van der Waals surface area contributed by atoms with Crippen molar-refractivity contribution in [3.63, 3.8) is 0 Å². The molecule has 0 N–H and O–H groups in total. The number of rotatable bonds is 3. The summed E-state index contributed by atoms with van der Waals surface area (Å²) in [5, 5.41) is 0. The Bertz CT molecular complexity index is 607. The molecule has 0 saturated carbocycles. The number of hydrogen-bond acceptors (Lipinski definition) is 1. The highest BCUT2D eigenvalue weighted by Crippen LogP contribution is 2.27. The van der Waals surface area contributed by atoms with Gasteiger partial charge in [0.25, 0.3) is 0 Å². The lowest BCUT2D eigenvalue weighted by atomic mass is 9.99. The largest absolute Gasteiger partial charge is 0.315 e. The van der Waals surface area contributed by atoms with Crippen LogP contribution in [-0.4, -0.2) is 9.55 Å². The fraction of sp³-hybridized carbons (Fsp3) is 0.0625. The van der Waals surface area contributed by atoms with Crippen molar-refractivity contribution in [2.24, 2.45) is 0 Å². The van der Waals surface area contributed by atoms with E-state index in [0.717, 1.165) is 3.83 Å². The Hall–Kier alpha value is -1.62. The van der Waals surface area contributed by atoms with E-state index in [0.29, 0.717) is 0 Å². The fourth-order valence-corrected chi connectivity index (χ4v) is 2.87. The number of benzene rings is 2. The van der Waals surface area contributed by atoms with Gasteiger partial charge in [0.05, 0.1) is 6.04 Å². The molecule has 2 nitrogen and oxygen atoms in total. The summed E-state index contributed by atoms with van der Waals surface area (Å²) in [6, 6.07) is 21.2. The van der Waals surface area contributed by atoms with Crippen molar-refractivity contribution >= 4 is 22.6 Å². The Morgan fingerprint density at radius 2 is 1.37 bits per heavy atom. The lowest BCUT2D eigenvalue weighted by molar-refractivity contribution is 0.659. The summed E-state index contributed by atoms with van der Waals surface area (Å²) in [5.74, 6) is 0. The zero-order valence-corrected chi connectivity index (χ0v) is 12.4. The van der Waals surface area contributed by atoms with Crippen LogP contribution in [-0.2, 0) is 0 Å². The van der Waals surface area contributed by atoms with Gasteiger partial charge >= 0.3 is 0 Å². The van der Waals surface area contributed by atoms with Gasteiger partial charge < -0.3 is 4.57 Å². The molecule has 0 atom stereocenters. The van der Waals surface area contributed by atoms with Gasteiger partial charge in [-0.25, -0.2) is 4.98 Å². The van der Waals surface area contributed by atoms with E-state index in [4.69, 9.17) is 0 Å². The van der Waals surface area contributed by atoms with Crippen LogP contribution in [0.5, 0.6) is 0 Å². The number of nitrogens with zero attached hydrogens (tertiary/aromatic N) is 2. The summed E-state index contributed by atoms with van der Waals surface area (Å²) in [6.45, 7) is 0. The Kier molecular flexibility index (Phi) is 3.64. The third-order valence-electron chi connectivity index (χ3n) is 3.13. The maximum absolute atomic E-state index is 4.34. The van der Waals surface area contributed by atoms with Gasteiger partial charge in [-0.05, 0) is 33.7 Å². The normalized spacial score (nSPS) is 10.8. The van der Waals surface area contributed by atoms with Crippen LogP contribution in [0.25, 0.3) is 0 Å². The van der Waals surface area contributed by atoms with Crippen LogP contribution in [0.4, 0.5) is 0 Å². The summed E-state index contributed by atoms with van der Waals surface area (Å²) in [7, 11) is 0. The van der Waals surface area contributed by atoms with Gasteiger partial charge in [-0.3, -0.25) is 0 Å². The second kappa shape index (κ2) is 5.57. The van der Waals surface area contributed by atoms with Crippen LogP contribution in [0.2, 0.25) is 0 Å². The van der Waals surface area contributed by atoms with Crippen LogP contribution < -0.4 is 0 Å². The van der Waals surface area contributed by atoms with Crippen molar-refractivity contribution in [3.8, 4) is 0 Å². The summed E-state index contributed by atoms with van der Waals surface area (Å²) in [5.41, 5.74) is 2.54. The van der Waals surface area contributed by atoms with E-state index in [2.05, 4.69) is 80.7 Å². The topological polar surface area (TPSA) is 17.8 Å². The van der Waals surface area contributed by atoms with Crippen molar-refractivity contribution < 1.29 is 0 Å². The van der Waals surface area contributed by atoms with Crippen LogP contribution in [0, 0.1) is 3.83 Å². The molecule has 0 unspecified atom stereocenters. The number of aromatic nitrogens is 2. The van der Waals surface area contributed by atoms with Gasteiger partial charge in [0.15, 0.2) is 3.83 Å². The van der Waals surface area contributed by atoms with Gasteiger partial charge in [-0.15, -0.1) is 0 Å². The van der Waals surface area contributed by atoms with E-state index in [1.54, 1.807) is 0 Å². The molecule has 0 aliphatic carbocycles. The molecule has 0 aliphatic rings. The molecule has 1 heterocycles. The first-order chi connectivity index (χ1) is 9.36. The fourth-order valence-electron chi connectivity index (χ4n) is 2.27. The van der Waals surface area contributed by atoms with E-state index in [9.17, 15) is 0 Å². The minimum Gasteiger partial charge on any atom is -0.315 e. The highest BCUT2D eigenvalue weighted by atomic mass is 127. The Morgan fingerprint density at radius 1 is 0.842 bits per heavy atom. The van der Waals surface area contributed by atoms with E-state index in [-0.39, 0.29) is 6.04 Å². The predicted molar refractivity (Wildman–Crippen MR) is 85.1 cm³/mol. The first-order valence-electron chi connectivity index (χ1n) is 6.14. The monoisotopic (exact) mass is 360 g/mol. The maximum Gasteiger partial charge on any atom is 0.172 e. The van der Waals surface area contributed by atoms with Crippen LogP contribution >= 0.6 is 22.6 Å². The van der Waals surface area contributed by atoms with E-state index in [1.165, 1.54) is 11.1 Å². The van der Waals surface area contributed by atoms with Crippen molar-refractivity contribution in [2.75, 3.05) is 0 Å². The molecule has 19 heavy (non-hydrogen) atoms. The molecule has 1 aromatic heterocycles. The average Bonchev–Trinajstić information content (AvgIpc) is 2.88. The molecule has 0 saturated heterocycles. The minimum atomic E-state index is 0.178. The number of halogens is 1. The maximum atomic E-state index is 4.34. The lowest BCUT2D eigenvalue weighted by Gasteiger charge is -2.20. The van der Waals surface area contributed by atoms with E-state index >= 15 is 0 Å². The van der Waals surface area contributed by atoms with E-state index < -0.39 is 0 Å². The second-order valence-corrected chi connectivity index (χ2v) is 5.29. The first kappa shape index (κ1) is 12.4. The zero-order valence-electron chi connectivity index (χ0n) is 10.3. The molecule has 0 bridgehead atoms. The molecule has 2 aromatic carbocycles. The molecule has 94 valence electrons. The predicted octanol–water partition coefficient (Wildman–Crippen LogP) is 4.13. The van der Waals surface area contributed by atoms with Gasteiger partial charge in [0, 0.05) is 12.4 Å². The third-order valence-corrected chi connectivity index (χ3v) is 3.97. The highest BCUT2D eigenvalue weighted by Gasteiger charge is 2.17. The second-order valence-electron chi connectivity index (χ2n) is 4.33. The van der Waals surface area contributed by atoms with Crippen molar-refractivity contribution in [3.05, 3.63) is 88.0 Å². The van der Waals surface area contributed by atoms with Gasteiger partial charge in [-0.2, -0.15) is 0 Å². The van der Waals surface area contributed by atoms with Crippen molar-refractivity contribution in [1.29, 1.82) is 0 Å². The van der Waals surface area contributed by atoms with Gasteiger partial charge in [-0.1, -0.05) is 60.7 Å². The van der Waals surface area contributed by atoms with Crippen LogP contribution in [0.15, 0.2) is 73.1 Å². The number of hydrogen-bond donors (Lipinski definition) is 0. The summed E-state index contributed by atoms with van der Waals surface area (Å²) in [4.78, 5) is 4.34. The first-order valence-corrected chi connectivity index (χ1v) is 7.22. The van der Waals surface area contributed by atoms with Crippen molar-refractivity contribution in [2.45, 2.75) is 6.04 Å². The minimum absolute atomic E-state index is 0.178. The molecule has 0 radical (unpaired) electrons. The molecular formula is C16H13IN2. The summed E-state index contributed by atoms with van der Waals surface area (Å²) < 4.78 is 3.20. The molecule has 3 aromatic rings. The van der Waals surface area contributed by atoms with Crippen LogP contribution in [0.3, 0.4) is 0 Å². The van der Waals surface area contributed by atoms with E-state index in [1.807, 2.05) is 24.5 Å². The Morgan fingerprint density at radius 3 is 1.79 bits per heavy atom. The van der Waals surface area contributed by atoms with Crippen LogP contribution in [0.1, 0.15) is 17.2 Å². The van der Waals surface area contributed by atoms with Crippen molar-refractivity contribution in [1.82, 2.24) is 9.55 Å². The molecule has 0 aliphatic heterocycles. The van der Waals surface area contributed by atoms with Gasteiger partial charge in [0.2, 0.25) is 0 Å². The summed E-state index contributed by atoms with van der Waals surface area (Å²) >= 11 is 2.28. The molecule has 0 amide bonds. The molecule has 0 fully saturated rings. The number of imidazole rings is 1. The highest BCUT2D eigenvalue weighted by molar-refractivity contribution is 14.1. The standard InChI is InChI=1S/C16H13IN2/c17-16-18-11-12-19(16)15(13-7-3-1-4-8-13)14-9-5-2-6-10-14/h1-12,15H. The average molecular weight is 360 g/mol. The lowest BCUT2D eigenvalue weighted by Crippen LogP contribution is -2.13. The SMILES string of the molecule is Ic1nccn1C(c1ccccc1)c1ccccc1. The van der Waals surface area contributed by atoms with Gasteiger partial charge in [0.1, 0.15) is 0 Å². The third kappa shape index (κ3) is 2.56. The molecular weight excluding hydrogens is 347 g/mol. The molecule has 0 spiro atoms. The Balaban J connectivity index is 2.15. The zero-order chi connectivity index (χ0) is 13.1. The quantitative estimate of drug-likeness (QED) is 0.643. The summed E-state index contributed by atoms with van der Waals surface area (Å²) in [6.07, 6.45) is 3.88. The smallest absolute Gasteiger partial charge is 0.172 e. The molecule has 3 rings (SSSR count).